The van der Waals surface area contributed by atoms with Crippen molar-refractivity contribution in [1.29, 1.82) is 0 Å². The summed E-state index contributed by atoms with van der Waals surface area (Å²) in [5.41, 5.74) is 9.62. The van der Waals surface area contributed by atoms with E-state index in [4.69, 9.17) is 0 Å². The van der Waals surface area contributed by atoms with Crippen LogP contribution in [0, 0.1) is 0 Å². The summed E-state index contributed by atoms with van der Waals surface area (Å²) in [5.74, 6) is 0. The molecule has 2 heterocycles. The van der Waals surface area contributed by atoms with Gasteiger partial charge in [-0.3, -0.25) is 9.97 Å². The summed E-state index contributed by atoms with van der Waals surface area (Å²) in [6.45, 7) is 0. The molecule has 0 bridgehead atoms. The molecular weight excluding hydrogens is 292 g/mol. The van der Waals surface area contributed by atoms with E-state index < -0.39 is 0 Å². The Balaban J connectivity index is 2.01. The van der Waals surface area contributed by atoms with Crippen LogP contribution < -0.4 is 0 Å². The molecular formula is C22H14N2. The lowest BCUT2D eigenvalue weighted by molar-refractivity contribution is 1.31. The van der Waals surface area contributed by atoms with Crippen LogP contribution in [0.2, 0.25) is 0 Å². The van der Waals surface area contributed by atoms with Gasteiger partial charge in [0.05, 0.1) is 0 Å². The average Bonchev–Trinajstić information content (AvgIpc) is 2.67. The molecule has 0 spiro atoms. The zero-order valence-electron chi connectivity index (χ0n) is 13.0. The first-order chi connectivity index (χ1) is 11.9. The Labute approximate surface area is 140 Å². The second-order valence-electron chi connectivity index (χ2n) is 5.93. The van der Waals surface area contributed by atoms with Crippen LogP contribution in [-0.4, -0.2) is 9.97 Å². The number of hydrogen-bond acceptors (Lipinski definition) is 2. The SMILES string of the molecule is c1ccc2c(c1)-c1ccncc1-c1ccccc1-c1ccncc1-2. The highest BCUT2D eigenvalue weighted by molar-refractivity contribution is 6.02. The quantitative estimate of drug-likeness (QED) is 0.380. The van der Waals surface area contributed by atoms with Crippen LogP contribution in [0.5, 0.6) is 0 Å². The first kappa shape index (κ1) is 13.2. The summed E-state index contributed by atoms with van der Waals surface area (Å²) >= 11 is 0. The first-order valence-corrected chi connectivity index (χ1v) is 8.01. The van der Waals surface area contributed by atoms with E-state index >= 15 is 0 Å². The molecule has 0 radical (unpaired) electrons. The maximum atomic E-state index is 4.39. The predicted octanol–water partition coefficient (Wildman–Crippen LogP) is 5.46. The normalized spacial score (nSPS) is 11.3. The molecule has 0 atom stereocenters. The van der Waals surface area contributed by atoms with E-state index in [9.17, 15) is 0 Å². The summed E-state index contributed by atoms with van der Waals surface area (Å²) in [6.07, 6.45) is 7.67. The van der Waals surface area contributed by atoms with Gasteiger partial charge in [-0.25, -0.2) is 0 Å². The second kappa shape index (κ2) is 5.14. The highest BCUT2D eigenvalue weighted by Crippen LogP contribution is 2.46. The van der Waals surface area contributed by atoms with E-state index in [2.05, 4.69) is 70.6 Å². The number of fused-ring (bicyclic) bond motifs is 8. The molecule has 0 fully saturated rings. The zero-order valence-corrected chi connectivity index (χ0v) is 13.0. The fourth-order valence-corrected chi connectivity index (χ4v) is 3.59. The minimum absolute atomic E-state index is 1.17. The van der Waals surface area contributed by atoms with E-state index in [1.54, 1.807) is 0 Å². The molecule has 1 aliphatic rings. The minimum atomic E-state index is 1.17. The van der Waals surface area contributed by atoms with Gasteiger partial charge >= 0.3 is 0 Å². The molecule has 2 aromatic carbocycles. The van der Waals surface area contributed by atoms with Gasteiger partial charge in [0, 0.05) is 35.9 Å². The first-order valence-electron chi connectivity index (χ1n) is 8.01. The third-order valence-corrected chi connectivity index (χ3v) is 4.66. The zero-order chi connectivity index (χ0) is 15.9. The molecule has 2 aromatic heterocycles. The maximum Gasteiger partial charge on any atom is 0.0352 e. The van der Waals surface area contributed by atoms with Gasteiger partial charge in [-0.2, -0.15) is 0 Å². The van der Waals surface area contributed by atoms with Crippen molar-refractivity contribution in [2.45, 2.75) is 0 Å². The van der Waals surface area contributed by atoms with Crippen LogP contribution >= 0.6 is 0 Å². The van der Waals surface area contributed by atoms with Crippen molar-refractivity contribution in [3.63, 3.8) is 0 Å². The standard InChI is InChI=1S/C22H14N2/c1-3-7-17-15(5-1)19-9-11-23-14-22(19)18-8-4-2-6-16(18)20-10-12-24-13-21(17)20/h1-14H. The van der Waals surface area contributed by atoms with Gasteiger partial charge in [-0.1, -0.05) is 48.5 Å². The molecule has 4 aromatic rings. The highest BCUT2D eigenvalue weighted by atomic mass is 14.6. The Hall–Kier alpha value is -3.26. The third-order valence-electron chi connectivity index (χ3n) is 4.66. The number of aromatic nitrogens is 2. The van der Waals surface area contributed by atoms with Crippen molar-refractivity contribution < 1.29 is 0 Å². The topological polar surface area (TPSA) is 25.8 Å². The Morgan fingerprint density at radius 3 is 1.12 bits per heavy atom. The Kier molecular flexibility index (Phi) is 2.83. The number of pyridine rings is 2. The van der Waals surface area contributed by atoms with Gasteiger partial charge in [-0.05, 0) is 45.5 Å². The Morgan fingerprint density at radius 1 is 0.375 bits per heavy atom. The summed E-state index contributed by atoms with van der Waals surface area (Å²) in [7, 11) is 0. The molecule has 112 valence electrons. The van der Waals surface area contributed by atoms with Gasteiger partial charge in [-0.15, -0.1) is 0 Å². The molecule has 0 N–H and O–H groups in total. The Morgan fingerprint density at radius 2 is 0.708 bits per heavy atom. The highest BCUT2D eigenvalue weighted by Gasteiger charge is 2.21. The summed E-state index contributed by atoms with van der Waals surface area (Å²) < 4.78 is 0. The Bertz CT molecular complexity index is 779. The molecule has 2 heteroatoms. The van der Waals surface area contributed by atoms with Gasteiger partial charge in [0.15, 0.2) is 0 Å². The molecule has 2 nitrogen and oxygen atoms in total. The monoisotopic (exact) mass is 306 g/mol. The van der Waals surface area contributed by atoms with E-state index in [1.807, 2.05) is 24.8 Å². The van der Waals surface area contributed by atoms with Crippen LogP contribution in [0.25, 0.3) is 44.5 Å². The number of hydrogen-bond donors (Lipinski definition) is 0. The van der Waals surface area contributed by atoms with Crippen molar-refractivity contribution in [2.24, 2.45) is 0 Å². The molecule has 5 rings (SSSR count). The van der Waals surface area contributed by atoms with Crippen molar-refractivity contribution in [3.05, 3.63) is 85.5 Å². The largest absolute Gasteiger partial charge is 0.264 e. The molecule has 0 amide bonds. The number of rotatable bonds is 0. The number of nitrogens with zero attached hydrogens (tertiary/aromatic N) is 2. The fraction of sp³-hybridized carbons (Fsp3) is 0. The molecule has 24 heavy (non-hydrogen) atoms. The summed E-state index contributed by atoms with van der Waals surface area (Å²) in [5, 5.41) is 0. The van der Waals surface area contributed by atoms with Crippen LogP contribution in [0.15, 0.2) is 85.5 Å². The van der Waals surface area contributed by atoms with Crippen LogP contribution in [0.4, 0.5) is 0 Å². The maximum absolute atomic E-state index is 4.39. The lowest BCUT2D eigenvalue weighted by Crippen LogP contribution is -1.97. The fourth-order valence-electron chi connectivity index (χ4n) is 3.59. The van der Waals surface area contributed by atoms with Gasteiger partial charge < -0.3 is 0 Å². The van der Waals surface area contributed by atoms with Crippen molar-refractivity contribution in [2.75, 3.05) is 0 Å². The predicted molar refractivity (Wildman–Crippen MR) is 97.3 cm³/mol. The van der Waals surface area contributed by atoms with Crippen LogP contribution in [0.1, 0.15) is 0 Å². The van der Waals surface area contributed by atoms with E-state index in [1.165, 1.54) is 44.5 Å². The molecule has 0 aliphatic heterocycles. The molecule has 1 aliphatic carbocycles. The van der Waals surface area contributed by atoms with Crippen LogP contribution in [0.3, 0.4) is 0 Å². The summed E-state index contributed by atoms with van der Waals surface area (Å²) in [4.78, 5) is 8.77. The van der Waals surface area contributed by atoms with Crippen molar-refractivity contribution >= 4 is 0 Å². The molecule has 0 unspecified atom stereocenters. The van der Waals surface area contributed by atoms with E-state index in [0.29, 0.717) is 0 Å². The summed E-state index contributed by atoms with van der Waals surface area (Å²) in [6, 6.07) is 21.3. The average molecular weight is 306 g/mol. The second-order valence-corrected chi connectivity index (χ2v) is 5.93. The van der Waals surface area contributed by atoms with Gasteiger partial charge in [0.25, 0.3) is 0 Å². The van der Waals surface area contributed by atoms with Crippen molar-refractivity contribution in [3.8, 4) is 44.5 Å². The van der Waals surface area contributed by atoms with E-state index in [-0.39, 0.29) is 0 Å². The van der Waals surface area contributed by atoms with Crippen LogP contribution in [-0.2, 0) is 0 Å². The van der Waals surface area contributed by atoms with E-state index in [0.717, 1.165) is 0 Å². The third kappa shape index (κ3) is 1.83. The van der Waals surface area contributed by atoms with Gasteiger partial charge in [0.1, 0.15) is 0 Å². The molecule has 0 saturated heterocycles. The van der Waals surface area contributed by atoms with Crippen molar-refractivity contribution in [1.82, 2.24) is 9.97 Å². The van der Waals surface area contributed by atoms with Gasteiger partial charge in [0.2, 0.25) is 0 Å². The molecule has 0 saturated carbocycles. The smallest absolute Gasteiger partial charge is 0.0352 e. The lowest BCUT2D eigenvalue weighted by Gasteiger charge is -2.22. The lowest BCUT2D eigenvalue weighted by atomic mass is 9.82. The number of benzene rings is 2. The minimum Gasteiger partial charge on any atom is -0.264 e.